The van der Waals surface area contributed by atoms with Gasteiger partial charge in [-0.3, -0.25) is 4.79 Å². The van der Waals surface area contributed by atoms with Crippen LogP contribution in [0.15, 0.2) is 66.2 Å². The number of ether oxygens (including phenoxy) is 2. The monoisotopic (exact) mass is 463 g/mol. The van der Waals surface area contributed by atoms with Gasteiger partial charge in [0, 0.05) is 41.2 Å². The third kappa shape index (κ3) is 5.37. The second-order valence-electron chi connectivity index (χ2n) is 8.02. The minimum Gasteiger partial charge on any atom is -0.493 e. The Balaban J connectivity index is 1.31. The maximum absolute atomic E-state index is 12.3. The topological polar surface area (TPSA) is 63.7 Å². The van der Waals surface area contributed by atoms with Crippen molar-refractivity contribution in [2.45, 2.75) is 18.8 Å². The molecule has 33 heavy (non-hydrogen) atoms. The minimum atomic E-state index is -0.0721. The maximum atomic E-state index is 12.3. The summed E-state index contributed by atoms with van der Waals surface area (Å²) in [5.74, 6) is 1.78. The van der Waals surface area contributed by atoms with Crippen LogP contribution in [0.2, 0.25) is 0 Å². The predicted molar refractivity (Wildman–Crippen MR) is 132 cm³/mol. The normalized spacial score (nSPS) is 14.1. The standard InChI is InChI=1S/C26H29N3O3S/c1-18(16-27-25(30)19-7-5-4-6-8-19)29-13-11-20(12-14-29)26-28-22(17-33-26)21-9-10-23(31-2)24(15-21)32-3/h4-10,15,17,20H,1,11-14,16H2,2-3H3,(H,27,30). The van der Waals surface area contributed by atoms with Crippen LogP contribution >= 0.6 is 11.3 Å². The number of methoxy groups -OCH3 is 2. The van der Waals surface area contributed by atoms with E-state index in [1.54, 1.807) is 25.6 Å². The van der Waals surface area contributed by atoms with Gasteiger partial charge in [0.15, 0.2) is 11.5 Å². The van der Waals surface area contributed by atoms with Crippen molar-refractivity contribution in [3.63, 3.8) is 0 Å². The zero-order valence-corrected chi connectivity index (χ0v) is 19.9. The zero-order chi connectivity index (χ0) is 23.2. The molecule has 1 aliphatic heterocycles. The molecule has 4 rings (SSSR count). The fourth-order valence-corrected chi connectivity index (χ4v) is 5.03. The van der Waals surface area contributed by atoms with Crippen LogP contribution in [0, 0.1) is 0 Å². The van der Waals surface area contributed by atoms with Crippen molar-refractivity contribution < 1.29 is 14.3 Å². The van der Waals surface area contributed by atoms with Crippen LogP contribution in [0.3, 0.4) is 0 Å². The van der Waals surface area contributed by atoms with E-state index < -0.39 is 0 Å². The molecule has 6 nitrogen and oxygen atoms in total. The molecule has 1 saturated heterocycles. The van der Waals surface area contributed by atoms with Crippen LogP contribution in [0.4, 0.5) is 0 Å². The molecule has 0 bridgehead atoms. The van der Waals surface area contributed by atoms with Crippen molar-refractivity contribution >= 4 is 17.2 Å². The fourth-order valence-electron chi connectivity index (χ4n) is 4.03. The molecular weight excluding hydrogens is 434 g/mol. The molecule has 1 fully saturated rings. The number of benzene rings is 2. The van der Waals surface area contributed by atoms with Crippen LogP contribution < -0.4 is 14.8 Å². The number of amides is 1. The van der Waals surface area contributed by atoms with E-state index in [1.807, 2.05) is 48.5 Å². The Hall–Kier alpha value is -3.32. The predicted octanol–water partition coefficient (Wildman–Crippen LogP) is 4.95. The van der Waals surface area contributed by atoms with Gasteiger partial charge < -0.3 is 19.7 Å². The largest absolute Gasteiger partial charge is 0.493 e. The van der Waals surface area contributed by atoms with E-state index in [1.165, 1.54) is 5.01 Å². The average Bonchev–Trinajstić information content (AvgIpc) is 3.37. The van der Waals surface area contributed by atoms with Gasteiger partial charge >= 0.3 is 0 Å². The number of nitrogens with zero attached hydrogens (tertiary/aromatic N) is 2. The van der Waals surface area contributed by atoms with E-state index in [9.17, 15) is 4.79 Å². The van der Waals surface area contributed by atoms with Gasteiger partial charge in [0.25, 0.3) is 5.91 Å². The highest BCUT2D eigenvalue weighted by Gasteiger charge is 2.24. The summed E-state index contributed by atoms with van der Waals surface area (Å²) in [6.45, 7) is 6.47. The Labute approximate surface area is 198 Å². The van der Waals surface area contributed by atoms with Crippen LogP contribution in [0.5, 0.6) is 11.5 Å². The van der Waals surface area contributed by atoms with Gasteiger partial charge in [-0.1, -0.05) is 24.8 Å². The van der Waals surface area contributed by atoms with Crippen LogP contribution in [0.25, 0.3) is 11.3 Å². The Bertz CT molecular complexity index is 1100. The van der Waals surface area contributed by atoms with Crippen molar-refractivity contribution in [3.8, 4) is 22.8 Å². The van der Waals surface area contributed by atoms with Crippen LogP contribution in [-0.2, 0) is 0 Å². The maximum Gasteiger partial charge on any atom is 0.251 e. The molecule has 0 unspecified atom stereocenters. The summed E-state index contributed by atoms with van der Waals surface area (Å²) in [6, 6.07) is 15.1. The smallest absolute Gasteiger partial charge is 0.251 e. The van der Waals surface area contributed by atoms with Crippen LogP contribution in [-0.4, -0.2) is 49.6 Å². The summed E-state index contributed by atoms with van der Waals surface area (Å²) in [7, 11) is 3.28. The van der Waals surface area contributed by atoms with Gasteiger partial charge in [-0.05, 0) is 43.2 Å². The Morgan fingerprint density at radius 2 is 1.85 bits per heavy atom. The molecule has 3 aromatic rings. The molecule has 7 heteroatoms. The summed E-state index contributed by atoms with van der Waals surface area (Å²) in [6.07, 6.45) is 2.04. The number of aromatic nitrogens is 1. The second-order valence-corrected chi connectivity index (χ2v) is 8.91. The molecule has 0 aliphatic carbocycles. The number of likely N-dealkylation sites (tertiary alicyclic amines) is 1. The third-order valence-corrected chi connectivity index (χ3v) is 6.99. The lowest BCUT2D eigenvalue weighted by atomic mass is 9.97. The van der Waals surface area contributed by atoms with Crippen molar-refractivity contribution in [1.29, 1.82) is 0 Å². The third-order valence-electron chi connectivity index (χ3n) is 5.98. The molecule has 2 aromatic carbocycles. The molecular formula is C26H29N3O3S. The number of hydrogen-bond acceptors (Lipinski definition) is 6. The molecule has 1 amide bonds. The zero-order valence-electron chi connectivity index (χ0n) is 19.0. The first-order valence-electron chi connectivity index (χ1n) is 11.0. The lowest BCUT2D eigenvalue weighted by Crippen LogP contribution is -2.37. The molecule has 2 heterocycles. The van der Waals surface area contributed by atoms with Gasteiger partial charge in [-0.15, -0.1) is 11.3 Å². The lowest BCUT2D eigenvalue weighted by Gasteiger charge is -2.34. The van der Waals surface area contributed by atoms with Crippen LogP contribution in [0.1, 0.15) is 34.1 Å². The number of hydrogen-bond donors (Lipinski definition) is 1. The molecule has 1 aromatic heterocycles. The number of rotatable bonds is 8. The Morgan fingerprint density at radius 1 is 1.12 bits per heavy atom. The van der Waals surface area contributed by atoms with Crippen molar-refractivity contribution in [3.05, 3.63) is 76.8 Å². The highest BCUT2D eigenvalue weighted by Crippen LogP contribution is 2.36. The number of carbonyl (C=O) groups excluding carboxylic acids is 1. The molecule has 1 N–H and O–H groups in total. The Morgan fingerprint density at radius 3 is 2.55 bits per heavy atom. The average molecular weight is 464 g/mol. The molecule has 0 saturated carbocycles. The number of carbonyl (C=O) groups is 1. The van der Waals surface area contributed by atoms with E-state index in [0.29, 0.717) is 29.5 Å². The van der Waals surface area contributed by atoms with E-state index in [4.69, 9.17) is 14.5 Å². The number of nitrogens with one attached hydrogen (secondary N) is 1. The minimum absolute atomic E-state index is 0.0721. The molecule has 1 aliphatic rings. The quantitative estimate of drug-likeness (QED) is 0.512. The van der Waals surface area contributed by atoms with E-state index >= 15 is 0 Å². The molecule has 0 atom stereocenters. The van der Waals surface area contributed by atoms with Gasteiger partial charge in [-0.2, -0.15) is 0 Å². The van der Waals surface area contributed by atoms with E-state index in [-0.39, 0.29) is 5.91 Å². The summed E-state index contributed by atoms with van der Waals surface area (Å²) in [5, 5.41) is 6.25. The SMILES string of the molecule is C=C(CNC(=O)c1ccccc1)N1CCC(c2nc(-c3ccc(OC)c(OC)c3)cs2)CC1. The highest BCUT2D eigenvalue weighted by atomic mass is 32.1. The van der Waals surface area contributed by atoms with Crippen molar-refractivity contribution in [1.82, 2.24) is 15.2 Å². The number of piperidine rings is 1. The first kappa shape index (κ1) is 22.9. The van der Waals surface area contributed by atoms with E-state index in [0.717, 1.165) is 42.9 Å². The summed E-state index contributed by atoms with van der Waals surface area (Å²) in [5.41, 5.74) is 3.60. The van der Waals surface area contributed by atoms with Gasteiger partial charge in [-0.25, -0.2) is 4.98 Å². The van der Waals surface area contributed by atoms with Crippen molar-refractivity contribution in [2.24, 2.45) is 0 Å². The Kier molecular flexibility index (Phi) is 7.29. The first-order valence-corrected chi connectivity index (χ1v) is 11.9. The first-order chi connectivity index (χ1) is 16.1. The second kappa shape index (κ2) is 10.5. The highest BCUT2D eigenvalue weighted by molar-refractivity contribution is 7.10. The van der Waals surface area contributed by atoms with Gasteiger partial charge in [0.05, 0.1) is 31.5 Å². The van der Waals surface area contributed by atoms with Gasteiger partial charge in [0.1, 0.15) is 0 Å². The van der Waals surface area contributed by atoms with Crippen molar-refractivity contribution in [2.75, 3.05) is 33.9 Å². The molecule has 0 spiro atoms. The summed E-state index contributed by atoms with van der Waals surface area (Å²) >= 11 is 1.71. The summed E-state index contributed by atoms with van der Waals surface area (Å²) in [4.78, 5) is 19.5. The molecule has 0 radical (unpaired) electrons. The van der Waals surface area contributed by atoms with E-state index in [2.05, 4.69) is 22.2 Å². The molecule has 172 valence electrons. The fraction of sp³-hybridized carbons (Fsp3) is 0.308. The van der Waals surface area contributed by atoms with Gasteiger partial charge in [0.2, 0.25) is 0 Å². The summed E-state index contributed by atoms with van der Waals surface area (Å²) < 4.78 is 10.8. The number of thiazole rings is 1. The lowest BCUT2D eigenvalue weighted by molar-refractivity contribution is 0.0953.